The van der Waals surface area contributed by atoms with Gasteiger partial charge in [-0.05, 0) is 31.0 Å². The van der Waals surface area contributed by atoms with E-state index >= 15 is 0 Å². The summed E-state index contributed by atoms with van der Waals surface area (Å²) in [6.45, 7) is 2.23. The van der Waals surface area contributed by atoms with Crippen LogP contribution >= 0.6 is 0 Å². The summed E-state index contributed by atoms with van der Waals surface area (Å²) in [5, 5.41) is 13.6. The minimum atomic E-state index is -0.503. The number of anilines is 1. The van der Waals surface area contributed by atoms with Gasteiger partial charge in [0, 0.05) is 13.2 Å². The molecule has 3 N–H and O–H groups in total. The lowest BCUT2D eigenvalue weighted by molar-refractivity contribution is 0.252. The molecular weight excluding hydrogens is 211 g/mol. The van der Waals surface area contributed by atoms with Crippen molar-refractivity contribution >= 4 is 11.7 Å². The van der Waals surface area contributed by atoms with E-state index in [1.165, 1.54) is 12.1 Å². The number of nitrogens with one attached hydrogen (secondary N) is 2. The number of halogens is 1. The van der Waals surface area contributed by atoms with E-state index in [0.29, 0.717) is 18.5 Å². The van der Waals surface area contributed by atoms with Crippen molar-refractivity contribution < 1.29 is 14.3 Å². The third-order valence-electron chi connectivity index (χ3n) is 2.02. The average Bonchev–Trinajstić information content (AvgIpc) is 2.23. The van der Waals surface area contributed by atoms with Crippen LogP contribution in [-0.4, -0.2) is 24.3 Å². The van der Waals surface area contributed by atoms with Gasteiger partial charge in [0.15, 0.2) is 0 Å². The fraction of sp³-hybridized carbons (Fsp3) is 0.364. The molecule has 1 rings (SSSR count). The number of benzene rings is 1. The van der Waals surface area contributed by atoms with E-state index < -0.39 is 11.8 Å². The molecule has 0 aromatic heterocycles. The molecule has 2 amide bonds. The van der Waals surface area contributed by atoms with Crippen molar-refractivity contribution in [3.05, 3.63) is 29.6 Å². The monoisotopic (exact) mass is 226 g/mol. The van der Waals surface area contributed by atoms with Crippen LogP contribution in [0.15, 0.2) is 18.2 Å². The molecule has 1 aromatic carbocycles. The highest BCUT2D eigenvalue weighted by Gasteiger charge is 2.06. The lowest BCUT2D eigenvalue weighted by Gasteiger charge is -2.08. The Labute approximate surface area is 93.5 Å². The summed E-state index contributed by atoms with van der Waals surface area (Å²) in [6.07, 6.45) is 0.401. The summed E-state index contributed by atoms with van der Waals surface area (Å²) >= 11 is 0. The Balaban J connectivity index is 2.71. The van der Waals surface area contributed by atoms with Gasteiger partial charge in [0.2, 0.25) is 0 Å². The first-order valence-corrected chi connectivity index (χ1v) is 5.11. The standard InChI is InChI=1S/C11H15FN2O2/c1-2-13-11(16)14-10-4-3-8(5-6-15)7-9(10)12/h3-4,7,15H,2,5-6H2,1H3,(H2,13,14,16). The minimum absolute atomic E-state index is 0.0253. The Morgan fingerprint density at radius 3 is 2.81 bits per heavy atom. The molecule has 0 heterocycles. The molecule has 0 unspecified atom stereocenters. The first-order chi connectivity index (χ1) is 7.67. The Kier molecular flexibility index (Phi) is 4.72. The zero-order valence-corrected chi connectivity index (χ0v) is 9.09. The van der Waals surface area contributed by atoms with Crippen molar-refractivity contribution in [3.63, 3.8) is 0 Å². The maximum absolute atomic E-state index is 13.4. The van der Waals surface area contributed by atoms with Gasteiger partial charge in [-0.15, -0.1) is 0 Å². The predicted molar refractivity (Wildman–Crippen MR) is 59.9 cm³/mol. The molecule has 0 aliphatic heterocycles. The van der Waals surface area contributed by atoms with Crippen LogP contribution in [0.2, 0.25) is 0 Å². The van der Waals surface area contributed by atoms with Crippen LogP contribution in [0.4, 0.5) is 14.9 Å². The number of rotatable bonds is 4. The predicted octanol–water partition coefficient (Wildman–Crippen LogP) is 1.50. The van der Waals surface area contributed by atoms with Crippen molar-refractivity contribution in [2.45, 2.75) is 13.3 Å². The normalized spacial score (nSPS) is 9.94. The van der Waals surface area contributed by atoms with E-state index in [0.717, 1.165) is 0 Å². The summed E-state index contributed by atoms with van der Waals surface area (Å²) in [5.41, 5.74) is 0.828. The lowest BCUT2D eigenvalue weighted by atomic mass is 10.1. The second-order valence-corrected chi connectivity index (χ2v) is 3.27. The van der Waals surface area contributed by atoms with Crippen LogP contribution in [0.5, 0.6) is 0 Å². The van der Waals surface area contributed by atoms with Crippen molar-refractivity contribution in [3.8, 4) is 0 Å². The number of amides is 2. The fourth-order valence-corrected chi connectivity index (χ4v) is 1.27. The van der Waals surface area contributed by atoms with Crippen LogP contribution in [0.1, 0.15) is 12.5 Å². The molecule has 0 bridgehead atoms. The molecule has 4 nitrogen and oxygen atoms in total. The second kappa shape index (κ2) is 6.07. The molecule has 0 atom stereocenters. The number of hydrogen-bond donors (Lipinski definition) is 3. The average molecular weight is 226 g/mol. The Bertz CT molecular complexity index is 369. The first-order valence-electron chi connectivity index (χ1n) is 5.11. The summed E-state index contributed by atoms with van der Waals surface area (Å²) in [4.78, 5) is 11.1. The summed E-state index contributed by atoms with van der Waals surface area (Å²) < 4.78 is 13.4. The lowest BCUT2D eigenvalue weighted by Crippen LogP contribution is -2.28. The topological polar surface area (TPSA) is 61.4 Å². The molecule has 0 saturated carbocycles. The molecule has 88 valence electrons. The zero-order chi connectivity index (χ0) is 12.0. The third kappa shape index (κ3) is 3.51. The Morgan fingerprint density at radius 1 is 1.50 bits per heavy atom. The van der Waals surface area contributed by atoms with Crippen molar-refractivity contribution in [1.29, 1.82) is 0 Å². The number of urea groups is 1. The van der Waals surface area contributed by atoms with Crippen molar-refractivity contribution in [1.82, 2.24) is 5.32 Å². The maximum Gasteiger partial charge on any atom is 0.319 e. The molecule has 0 radical (unpaired) electrons. The van der Waals surface area contributed by atoms with E-state index in [-0.39, 0.29) is 12.3 Å². The first kappa shape index (κ1) is 12.4. The molecule has 0 fully saturated rings. The summed E-state index contributed by atoms with van der Waals surface area (Å²) in [5.74, 6) is -0.503. The number of aliphatic hydroxyl groups excluding tert-OH is 1. The van der Waals surface area contributed by atoms with Gasteiger partial charge in [0.25, 0.3) is 0 Å². The minimum Gasteiger partial charge on any atom is -0.396 e. The van der Waals surface area contributed by atoms with Gasteiger partial charge in [-0.25, -0.2) is 9.18 Å². The Hall–Kier alpha value is -1.62. The molecule has 0 saturated heterocycles. The highest BCUT2D eigenvalue weighted by Crippen LogP contribution is 2.15. The molecule has 5 heteroatoms. The largest absolute Gasteiger partial charge is 0.396 e. The molecule has 0 aliphatic rings. The Morgan fingerprint density at radius 2 is 2.25 bits per heavy atom. The number of carbonyl (C=O) groups is 1. The van der Waals surface area contributed by atoms with E-state index in [9.17, 15) is 9.18 Å². The number of hydrogen-bond acceptors (Lipinski definition) is 2. The van der Waals surface area contributed by atoms with Crippen molar-refractivity contribution in [2.24, 2.45) is 0 Å². The smallest absolute Gasteiger partial charge is 0.319 e. The van der Waals surface area contributed by atoms with Gasteiger partial charge in [-0.1, -0.05) is 6.07 Å². The maximum atomic E-state index is 13.4. The number of aliphatic hydroxyl groups is 1. The van der Waals surface area contributed by atoms with Gasteiger partial charge >= 0.3 is 6.03 Å². The van der Waals surface area contributed by atoms with Crippen LogP contribution in [-0.2, 0) is 6.42 Å². The van der Waals surface area contributed by atoms with Gasteiger partial charge in [0.05, 0.1) is 5.69 Å². The van der Waals surface area contributed by atoms with Crippen molar-refractivity contribution in [2.75, 3.05) is 18.5 Å². The van der Waals surface area contributed by atoms with Crippen LogP contribution < -0.4 is 10.6 Å². The van der Waals surface area contributed by atoms with E-state index in [4.69, 9.17) is 5.11 Å². The van der Waals surface area contributed by atoms with Gasteiger partial charge < -0.3 is 15.7 Å². The third-order valence-corrected chi connectivity index (χ3v) is 2.02. The van der Waals surface area contributed by atoms with Crippen LogP contribution in [0.3, 0.4) is 0 Å². The molecule has 16 heavy (non-hydrogen) atoms. The van der Waals surface area contributed by atoms with Crippen LogP contribution in [0.25, 0.3) is 0 Å². The quantitative estimate of drug-likeness (QED) is 0.728. The van der Waals surface area contributed by atoms with E-state index in [2.05, 4.69) is 10.6 Å². The summed E-state index contributed by atoms with van der Waals surface area (Å²) in [6, 6.07) is 4.02. The molecule has 1 aromatic rings. The molecular formula is C11H15FN2O2. The molecule has 0 aliphatic carbocycles. The van der Waals surface area contributed by atoms with E-state index in [1.807, 2.05) is 0 Å². The van der Waals surface area contributed by atoms with E-state index in [1.54, 1.807) is 13.0 Å². The highest BCUT2D eigenvalue weighted by atomic mass is 19.1. The SMILES string of the molecule is CCNC(=O)Nc1ccc(CCO)cc1F. The fourth-order valence-electron chi connectivity index (χ4n) is 1.27. The van der Waals surface area contributed by atoms with Crippen LogP contribution in [0, 0.1) is 5.82 Å². The summed E-state index contributed by atoms with van der Waals surface area (Å²) in [7, 11) is 0. The number of carbonyl (C=O) groups excluding carboxylic acids is 1. The van der Waals surface area contributed by atoms with Gasteiger partial charge in [-0.2, -0.15) is 0 Å². The van der Waals surface area contributed by atoms with Gasteiger partial charge in [-0.3, -0.25) is 0 Å². The molecule has 0 spiro atoms. The van der Waals surface area contributed by atoms with Gasteiger partial charge in [0.1, 0.15) is 5.82 Å². The highest BCUT2D eigenvalue weighted by molar-refractivity contribution is 5.89. The zero-order valence-electron chi connectivity index (χ0n) is 9.09. The second-order valence-electron chi connectivity index (χ2n) is 3.27.